The third kappa shape index (κ3) is 3.50. The smallest absolute Gasteiger partial charge is 0.408 e. The van der Waals surface area contributed by atoms with E-state index in [2.05, 4.69) is 22.4 Å². The molecule has 4 aromatic rings. The number of carbonyl (C=O) groups excluding carboxylic acids is 1. The number of para-hydroxylation sites is 2. The molecule has 0 saturated heterocycles. The number of oxazole rings is 1. The molecule has 0 radical (unpaired) electrons. The lowest BCUT2D eigenvalue weighted by molar-refractivity contribution is -0.116. The van der Waals surface area contributed by atoms with E-state index in [0.717, 1.165) is 21.3 Å². The van der Waals surface area contributed by atoms with Gasteiger partial charge in [-0.05, 0) is 49.6 Å². The van der Waals surface area contributed by atoms with Gasteiger partial charge >= 0.3 is 5.76 Å². The molecule has 4 rings (SSSR count). The van der Waals surface area contributed by atoms with Gasteiger partial charge in [0.25, 0.3) is 0 Å². The number of aryl methyl sites for hydroxylation is 3. The summed E-state index contributed by atoms with van der Waals surface area (Å²) in [5, 5.41) is 3.47. The molecule has 0 spiro atoms. The Labute approximate surface area is 159 Å². The van der Waals surface area contributed by atoms with E-state index in [4.69, 9.17) is 4.42 Å². The average molecular weight is 381 g/mol. The first-order valence-corrected chi connectivity index (χ1v) is 9.59. The Bertz CT molecular complexity index is 1200. The summed E-state index contributed by atoms with van der Waals surface area (Å²) in [5.41, 5.74) is 4.52. The predicted molar refractivity (Wildman–Crippen MR) is 107 cm³/mol. The highest BCUT2D eigenvalue weighted by molar-refractivity contribution is 7.22. The van der Waals surface area contributed by atoms with Gasteiger partial charge in [0, 0.05) is 13.0 Å². The van der Waals surface area contributed by atoms with E-state index in [-0.39, 0.29) is 5.91 Å². The van der Waals surface area contributed by atoms with E-state index in [0.29, 0.717) is 30.1 Å². The maximum atomic E-state index is 12.3. The van der Waals surface area contributed by atoms with Crippen molar-refractivity contribution in [2.75, 3.05) is 5.32 Å². The molecule has 1 amide bonds. The Morgan fingerprint density at radius 3 is 2.93 bits per heavy atom. The van der Waals surface area contributed by atoms with Gasteiger partial charge in [0.1, 0.15) is 0 Å². The zero-order chi connectivity index (χ0) is 19.0. The van der Waals surface area contributed by atoms with Crippen LogP contribution in [0, 0.1) is 13.8 Å². The lowest BCUT2D eigenvalue weighted by Crippen LogP contribution is -2.17. The summed E-state index contributed by atoms with van der Waals surface area (Å²) in [6.45, 7) is 4.50. The van der Waals surface area contributed by atoms with Crippen LogP contribution in [0.4, 0.5) is 5.13 Å². The predicted octanol–water partition coefficient (Wildman–Crippen LogP) is 4.24. The van der Waals surface area contributed by atoms with Gasteiger partial charge in [-0.1, -0.05) is 29.5 Å². The number of rotatable bonds is 5. The fourth-order valence-electron chi connectivity index (χ4n) is 3.23. The van der Waals surface area contributed by atoms with Crippen LogP contribution in [0.3, 0.4) is 0 Å². The first-order chi connectivity index (χ1) is 13.0. The topological polar surface area (TPSA) is 77.1 Å². The molecular weight excluding hydrogens is 362 g/mol. The van der Waals surface area contributed by atoms with Crippen molar-refractivity contribution in [2.45, 2.75) is 33.2 Å². The summed E-state index contributed by atoms with van der Waals surface area (Å²) in [6.07, 6.45) is 0.845. The van der Waals surface area contributed by atoms with Crippen molar-refractivity contribution in [3.8, 4) is 0 Å². The highest BCUT2D eigenvalue weighted by Gasteiger charge is 2.12. The zero-order valence-corrected chi connectivity index (χ0v) is 15.9. The summed E-state index contributed by atoms with van der Waals surface area (Å²) in [6, 6.07) is 11.4. The van der Waals surface area contributed by atoms with Crippen molar-refractivity contribution in [3.63, 3.8) is 0 Å². The Kier molecular flexibility index (Phi) is 4.53. The fourth-order valence-corrected chi connectivity index (χ4v) is 4.29. The number of hydrogen-bond donors (Lipinski definition) is 1. The maximum absolute atomic E-state index is 12.3. The van der Waals surface area contributed by atoms with Gasteiger partial charge in [0.2, 0.25) is 5.91 Å². The van der Waals surface area contributed by atoms with Gasteiger partial charge in [0.05, 0.1) is 15.7 Å². The molecule has 27 heavy (non-hydrogen) atoms. The molecule has 0 saturated carbocycles. The molecule has 0 aliphatic carbocycles. The summed E-state index contributed by atoms with van der Waals surface area (Å²) in [5.74, 6) is -0.502. The minimum absolute atomic E-state index is 0.107. The first kappa shape index (κ1) is 17.5. The van der Waals surface area contributed by atoms with Gasteiger partial charge in [-0.15, -0.1) is 0 Å². The Morgan fingerprint density at radius 2 is 2.07 bits per heavy atom. The highest BCUT2D eigenvalue weighted by Crippen LogP contribution is 2.29. The molecule has 138 valence electrons. The van der Waals surface area contributed by atoms with E-state index >= 15 is 0 Å². The Balaban J connectivity index is 1.41. The number of benzene rings is 2. The van der Waals surface area contributed by atoms with Crippen LogP contribution in [0.1, 0.15) is 24.0 Å². The van der Waals surface area contributed by atoms with Crippen molar-refractivity contribution in [2.24, 2.45) is 0 Å². The van der Waals surface area contributed by atoms with E-state index in [1.807, 2.05) is 32.0 Å². The quantitative estimate of drug-likeness (QED) is 0.561. The van der Waals surface area contributed by atoms with Crippen LogP contribution in [-0.4, -0.2) is 15.5 Å². The molecule has 2 heterocycles. The lowest BCUT2D eigenvalue weighted by atomic mass is 10.1. The molecule has 0 bridgehead atoms. The molecular formula is C20H19N3O3S. The minimum atomic E-state index is -0.395. The van der Waals surface area contributed by atoms with E-state index in [1.54, 1.807) is 10.6 Å². The molecule has 1 N–H and O–H groups in total. The molecule has 2 aromatic carbocycles. The van der Waals surface area contributed by atoms with Crippen LogP contribution in [0.5, 0.6) is 0 Å². The minimum Gasteiger partial charge on any atom is -0.408 e. The van der Waals surface area contributed by atoms with Crippen LogP contribution in [0.25, 0.3) is 21.3 Å². The number of nitrogens with zero attached hydrogens (tertiary/aromatic N) is 2. The van der Waals surface area contributed by atoms with Crippen molar-refractivity contribution in [3.05, 3.63) is 58.1 Å². The maximum Gasteiger partial charge on any atom is 0.419 e. The second-order valence-electron chi connectivity index (χ2n) is 6.59. The van der Waals surface area contributed by atoms with Gasteiger partial charge in [0.15, 0.2) is 10.7 Å². The van der Waals surface area contributed by atoms with Gasteiger partial charge in [-0.3, -0.25) is 9.36 Å². The second kappa shape index (κ2) is 7.00. The molecule has 0 aliphatic rings. The number of fused-ring (bicyclic) bond motifs is 2. The number of aromatic nitrogens is 2. The molecule has 7 heteroatoms. The van der Waals surface area contributed by atoms with E-state index in [1.165, 1.54) is 16.9 Å². The summed E-state index contributed by atoms with van der Waals surface area (Å²) >= 11 is 1.48. The zero-order valence-electron chi connectivity index (χ0n) is 15.1. The van der Waals surface area contributed by atoms with Crippen molar-refractivity contribution in [1.29, 1.82) is 0 Å². The van der Waals surface area contributed by atoms with Gasteiger partial charge < -0.3 is 9.73 Å². The van der Waals surface area contributed by atoms with Crippen molar-refractivity contribution < 1.29 is 9.21 Å². The standard InChI is InChI=1S/C20H19N3O3S/c1-12-10-13(2)18-16(11-12)27-19(22-18)21-17(24)8-5-9-23-14-6-3-4-7-15(14)26-20(23)25/h3-4,6-7,10-11H,5,8-9H2,1-2H3,(H,21,22,24). The number of thiazole rings is 1. The highest BCUT2D eigenvalue weighted by atomic mass is 32.1. The van der Waals surface area contributed by atoms with Crippen LogP contribution in [-0.2, 0) is 11.3 Å². The van der Waals surface area contributed by atoms with Crippen LogP contribution >= 0.6 is 11.3 Å². The number of anilines is 1. The molecule has 6 nitrogen and oxygen atoms in total. The lowest BCUT2D eigenvalue weighted by Gasteiger charge is -2.03. The van der Waals surface area contributed by atoms with Crippen LogP contribution < -0.4 is 11.1 Å². The molecule has 0 aliphatic heterocycles. The van der Waals surface area contributed by atoms with Crippen LogP contribution in [0.15, 0.2) is 45.6 Å². The second-order valence-corrected chi connectivity index (χ2v) is 7.62. The van der Waals surface area contributed by atoms with Crippen LogP contribution in [0.2, 0.25) is 0 Å². The van der Waals surface area contributed by atoms with Crippen molar-refractivity contribution >= 4 is 43.7 Å². The van der Waals surface area contributed by atoms with Gasteiger partial charge in [-0.2, -0.15) is 0 Å². The first-order valence-electron chi connectivity index (χ1n) is 8.77. The molecule has 0 fully saturated rings. The normalized spacial score (nSPS) is 11.3. The van der Waals surface area contributed by atoms with Gasteiger partial charge in [-0.25, -0.2) is 9.78 Å². The summed E-state index contributed by atoms with van der Waals surface area (Å²) in [4.78, 5) is 28.7. The molecule has 0 unspecified atom stereocenters. The number of amides is 1. The number of nitrogens with one attached hydrogen (secondary N) is 1. The van der Waals surface area contributed by atoms with Crippen molar-refractivity contribution in [1.82, 2.24) is 9.55 Å². The monoisotopic (exact) mass is 381 g/mol. The fraction of sp³-hybridized carbons (Fsp3) is 0.250. The third-order valence-electron chi connectivity index (χ3n) is 4.44. The Hall–Kier alpha value is -2.93. The Morgan fingerprint density at radius 1 is 1.26 bits per heavy atom. The largest absolute Gasteiger partial charge is 0.419 e. The van der Waals surface area contributed by atoms with E-state index in [9.17, 15) is 9.59 Å². The third-order valence-corrected chi connectivity index (χ3v) is 5.35. The molecule has 2 aromatic heterocycles. The average Bonchev–Trinajstić information content (AvgIpc) is 3.15. The van der Waals surface area contributed by atoms with E-state index < -0.39 is 5.76 Å². The summed E-state index contributed by atoms with van der Waals surface area (Å²) < 4.78 is 7.84. The SMILES string of the molecule is Cc1cc(C)c2nc(NC(=O)CCCn3c(=O)oc4ccccc43)sc2c1. The number of carbonyl (C=O) groups is 1. The number of hydrogen-bond acceptors (Lipinski definition) is 5. The molecule has 0 atom stereocenters. The summed E-state index contributed by atoms with van der Waals surface area (Å²) in [7, 11) is 0.